The van der Waals surface area contributed by atoms with Gasteiger partial charge in [0.1, 0.15) is 6.61 Å². The molecule has 5 heteroatoms. The number of amides is 1. The summed E-state index contributed by atoms with van der Waals surface area (Å²) in [6.07, 6.45) is 0.434. The monoisotopic (exact) mass is 291 g/mol. The molecule has 5 nitrogen and oxygen atoms in total. The molecule has 0 saturated carbocycles. The maximum Gasteiger partial charge on any atom is 0.250 e. The molecule has 0 saturated heterocycles. The molecule has 0 spiro atoms. The topological polar surface area (TPSA) is 67.8 Å². The van der Waals surface area contributed by atoms with Crippen LogP contribution in [-0.2, 0) is 14.3 Å². The third kappa shape index (κ3) is 6.91. The number of hydrogen-bond donors (Lipinski definition) is 2. The molecular formula is C16H21NO4. The first kappa shape index (κ1) is 17.2. The summed E-state index contributed by atoms with van der Waals surface area (Å²) >= 11 is 0. The highest BCUT2D eigenvalue weighted by Crippen LogP contribution is 2.14. The molecule has 1 aromatic rings. The van der Waals surface area contributed by atoms with Crippen molar-refractivity contribution >= 4 is 11.6 Å². The Morgan fingerprint density at radius 2 is 2.19 bits per heavy atom. The summed E-state index contributed by atoms with van der Waals surface area (Å²) in [6.45, 7) is 2.82. The van der Waals surface area contributed by atoms with Crippen LogP contribution in [0, 0.1) is 18.8 Å². The third-order valence-electron chi connectivity index (χ3n) is 2.65. The van der Waals surface area contributed by atoms with Crippen molar-refractivity contribution in [2.75, 3.05) is 38.9 Å². The molecule has 1 amide bonds. The number of carbonyl (C=O) groups is 1. The summed E-state index contributed by atoms with van der Waals surface area (Å²) in [5, 5.41) is 11.5. The van der Waals surface area contributed by atoms with E-state index in [1.165, 1.54) is 0 Å². The largest absolute Gasteiger partial charge is 0.395 e. The van der Waals surface area contributed by atoms with Crippen molar-refractivity contribution in [3.05, 3.63) is 29.3 Å². The van der Waals surface area contributed by atoms with Crippen LogP contribution in [0.5, 0.6) is 0 Å². The van der Waals surface area contributed by atoms with Gasteiger partial charge in [-0.3, -0.25) is 4.79 Å². The molecular weight excluding hydrogens is 270 g/mol. The van der Waals surface area contributed by atoms with Gasteiger partial charge in [-0.15, -0.1) is 0 Å². The fourth-order valence-electron chi connectivity index (χ4n) is 1.55. The number of rotatable bonds is 7. The van der Waals surface area contributed by atoms with Gasteiger partial charge in [0, 0.05) is 24.8 Å². The number of carbonyl (C=O) groups excluding carboxylic acids is 1. The van der Waals surface area contributed by atoms with E-state index in [2.05, 4.69) is 17.2 Å². The molecule has 114 valence electrons. The summed E-state index contributed by atoms with van der Waals surface area (Å²) in [4.78, 5) is 11.7. The second-order valence-electron chi connectivity index (χ2n) is 4.40. The Hall–Kier alpha value is -1.87. The van der Waals surface area contributed by atoms with Crippen LogP contribution in [0.15, 0.2) is 18.2 Å². The molecule has 0 bridgehead atoms. The van der Waals surface area contributed by atoms with Crippen LogP contribution in [0.4, 0.5) is 5.69 Å². The Morgan fingerprint density at radius 3 is 2.90 bits per heavy atom. The third-order valence-corrected chi connectivity index (χ3v) is 2.65. The molecule has 2 N–H and O–H groups in total. The van der Waals surface area contributed by atoms with Gasteiger partial charge in [0.15, 0.2) is 0 Å². The van der Waals surface area contributed by atoms with E-state index in [1.807, 2.05) is 25.1 Å². The smallest absolute Gasteiger partial charge is 0.250 e. The number of anilines is 1. The molecule has 1 rings (SSSR count). The van der Waals surface area contributed by atoms with Crippen LogP contribution in [0.3, 0.4) is 0 Å². The highest BCUT2D eigenvalue weighted by molar-refractivity contribution is 5.91. The lowest BCUT2D eigenvalue weighted by Gasteiger charge is -2.07. The number of aliphatic hydroxyl groups excluding tert-OH is 1. The lowest BCUT2D eigenvalue weighted by molar-refractivity contribution is -0.121. The van der Waals surface area contributed by atoms with Crippen LogP contribution in [-0.4, -0.2) is 44.6 Å². The summed E-state index contributed by atoms with van der Waals surface area (Å²) in [5.74, 6) is 5.63. The maximum absolute atomic E-state index is 11.7. The first-order chi connectivity index (χ1) is 10.2. The van der Waals surface area contributed by atoms with E-state index in [4.69, 9.17) is 14.6 Å². The van der Waals surface area contributed by atoms with E-state index in [0.717, 1.165) is 11.1 Å². The van der Waals surface area contributed by atoms with E-state index in [0.29, 0.717) is 25.3 Å². The molecule has 0 fully saturated rings. The first-order valence-electron chi connectivity index (χ1n) is 6.74. The van der Waals surface area contributed by atoms with Crippen LogP contribution in [0.25, 0.3) is 0 Å². The predicted octanol–water partition coefficient (Wildman–Crippen LogP) is 1.33. The van der Waals surface area contributed by atoms with Crippen molar-refractivity contribution in [1.29, 1.82) is 0 Å². The first-order valence-corrected chi connectivity index (χ1v) is 6.74. The molecule has 0 radical (unpaired) electrons. The highest BCUT2D eigenvalue weighted by Gasteiger charge is 2.04. The molecule has 1 aromatic carbocycles. The van der Waals surface area contributed by atoms with Gasteiger partial charge in [0.2, 0.25) is 5.91 Å². The van der Waals surface area contributed by atoms with Crippen molar-refractivity contribution in [3.63, 3.8) is 0 Å². The zero-order valence-electron chi connectivity index (χ0n) is 12.4. The van der Waals surface area contributed by atoms with Crippen LogP contribution >= 0.6 is 0 Å². The normalized spacial score (nSPS) is 9.86. The number of benzene rings is 1. The standard InChI is InChI=1S/C16H21NO4/c1-13-6-7-15(11-14(13)5-3-4-8-18)17-16(19)12-21-10-9-20-2/h6-7,11,18H,4,8-10,12H2,1-2H3,(H,17,19). The Bertz CT molecular complexity index is 517. The van der Waals surface area contributed by atoms with Crippen molar-refractivity contribution in [2.24, 2.45) is 0 Å². The van der Waals surface area contributed by atoms with E-state index in [-0.39, 0.29) is 19.1 Å². The van der Waals surface area contributed by atoms with Crippen molar-refractivity contribution in [1.82, 2.24) is 0 Å². The molecule has 0 aliphatic heterocycles. The summed E-state index contributed by atoms with van der Waals surface area (Å²) in [7, 11) is 1.58. The number of ether oxygens (including phenoxy) is 2. The molecule has 0 aliphatic rings. The number of methoxy groups -OCH3 is 1. The minimum Gasteiger partial charge on any atom is -0.395 e. The van der Waals surface area contributed by atoms with Crippen molar-refractivity contribution < 1.29 is 19.4 Å². The minimum absolute atomic E-state index is 0.0112. The van der Waals surface area contributed by atoms with Crippen LogP contribution in [0.2, 0.25) is 0 Å². The lowest BCUT2D eigenvalue weighted by atomic mass is 10.1. The Morgan fingerprint density at radius 1 is 1.38 bits per heavy atom. The number of hydrogen-bond acceptors (Lipinski definition) is 4. The second kappa shape index (κ2) is 9.94. The quantitative estimate of drug-likeness (QED) is 0.587. The summed E-state index contributed by atoms with van der Waals surface area (Å²) < 4.78 is 9.98. The number of aliphatic hydroxyl groups is 1. The molecule has 21 heavy (non-hydrogen) atoms. The SMILES string of the molecule is COCCOCC(=O)Nc1ccc(C)c(C#CCCO)c1. The molecule has 0 aliphatic carbocycles. The summed E-state index contributed by atoms with van der Waals surface area (Å²) in [6, 6.07) is 5.52. The van der Waals surface area contributed by atoms with E-state index in [1.54, 1.807) is 7.11 Å². The van der Waals surface area contributed by atoms with E-state index in [9.17, 15) is 4.79 Å². The van der Waals surface area contributed by atoms with Gasteiger partial charge in [-0.1, -0.05) is 17.9 Å². The van der Waals surface area contributed by atoms with Crippen LogP contribution < -0.4 is 5.32 Å². The van der Waals surface area contributed by atoms with Gasteiger partial charge in [-0.25, -0.2) is 0 Å². The fourth-order valence-corrected chi connectivity index (χ4v) is 1.55. The van der Waals surface area contributed by atoms with Gasteiger partial charge in [0.05, 0.1) is 19.8 Å². The highest BCUT2D eigenvalue weighted by atomic mass is 16.5. The number of aryl methyl sites for hydroxylation is 1. The zero-order chi connectivity index (χ0) is 15.5. The number of nitrogens with one attached hydrogen (secondary N) is 1. The van der Waals surface area contributed by atoms with E-state index < -0.39 is 0 Å². The average molecular weight is 291 g/mol. The Labute approximate surface area is 125 Å². The predicted molar refractivity (Wildman–Crippen MR) is 81.1 cm³/mol. The molecule has 0 unspecified atom stereocenters. The molecule has 0 atom stereocenters. The van der Waals surface area contributed by atoms with Crippen molar-refractivity contribution in [2.45, 2.75) is 13.3 Å². The maximum atomic E-state index is 11.7. The lowest BCUT2D eigenvalue weighted by Crippen LogP contribution is -2.19. The average Bonchev–Trinajstić information content (AvgIpc) is 2.47. The van der Waals surface area contributed by atoms with Gasteiger partial charge in [0.25, 0.3) is 0 Å². The van der Waals surface area contributed by atoms with Gasteiger partial charge in [-0.2, -0.15) is 0 Å². The summed E-state index contributed by atoms with van der Waals surface area (Å²) in [5.41, 5.74) is 2.53. The molecule has 0 heterocycles. The van der Waals surface area contributed by atoms with Crippen LogP contribution in [0.1, 0.15) is 17.5 Å². The molecule has 0 aromatic heterocycles. The van der Waals surface area contributed by atoms with Gasteiger partial charge >= 0.3 is 0 Å². The minimum atomic E-state index is -0.218. The van der Waals surface area contributed by atoms with Gasteiger partial charge in [-0.05, 0) is 24.6 Å². The van der Waals surface area contributed by atoms with Crippen molar-refractivity contribution in [3.8, 4) is 11.8 Å². The second-order valence-corrected chi connectivity index (χ2v) is 4.40. The van der Waals surface area contributed by atoms with E-state index >= 15 is 0 Å². The Kier molecular flexibility index (Phi) is 8.14. The fraction of sp³-hybridized carbons (Fsp3) is 0.438. The van der Waals surface area contributed by atoms with Gasteiger partial charge < -0.3 is 19.9 Å². The zero-order valence-corrected chi connectivity index (χ0v) is 12.4. The Balaban J connectivity index is 2.57.